The Morgan fingerprint density at radius 3 is 2.36 bits per heavy atom. The molecule has 9 nitrogen and oxygen atoms in total. The van der Waals surface area contributed by atoms with Crippen LogP contribution in [0.1, 0.15) is 37.8 Å². The number of fused-ring (bicyclic) bond motifs is 1. The highest BCUT2D eigenvalue weighted by atomic mass is 35.5. The summed E-state index contributed by atoms with van der Waals surface area (Å²) in [5, 5.41) is 19.4. The quantitative estimate of drug-likeness (QED) is 0.428. The maximum absolute atomic E-state index is 11.3. The number of anilines is 1. The second-order valence-corrected chi connectivity index (χ2v) is 8.86. The van der Waals surface area contributed by atoms with E-state index in [0.29, 0.717) is 10.8 Å². The summed E-state index contributed by atoms with van der Waals surface area (Å²) in [7, 11) is 1.61. The third-order valence-electron chi connectivity index (χ3n) is 5.76. The van der Waals surface area contributed by atoms with E-state index in [0.717, 1.165) is 48.5 Å². The fourth-order valence-corrected chi connectivity index (χ4v) is 4.12. The van der Waals surface area contributed by atoms with Crippen LogP contribution in [0.2, 0.25) is 5.02 Å². The van der Waals surface area contributed by atoms with Gasteiger partial charge in [0, 0.05) is 36.2 Å². The van der Waals surface area contributed by atoms with E-state index in [1.54, 1.807) is 23.8 Å². The van der Waals surface area contributed by atoms with Gasteiger partial charge in [0.25, 0.3) is 0 Å². The monoisotopic (exact) mass is 510 g/mol. The van der Waals surface area contributed by atoms with E-state index < -0.39 is 0 Å². The van der Waals surface area contributed by atoms with Gasteiger partial charge in [-0.25, -0.2) is 0 Å². The van der Waals surface area contributed by atoms with E-state index in [2.05, 4.69) is 10.3 Å². The van der Waals surface area contributed by atoms with E-state index in [1.807, 2.05) is 42.5 Å². The molecule has 2 amide bonds. The second kappa shape index (κ2) is 12.3. The molecule has 1 saturated heterocycles. The second-order valence-electron chi connectivity index (χ2n) is 8.42. The number of amidine groups is 2. The molecular weight excluding hydrogens is 480 g/mol. The van der Waals surface area contributed by atoms with Gasteiger partial charge in [0.05, 0.1) is 31.6 Å². The van der Waals surface area contributed by atoms with Crippen molar-refractivity contribution >= 4 is 46.5 Å². The Labute approximate surface area is 216 Å². The molecule has 0 saturated carbocycles. The Bertz CT molecular complexity index is 1170. The average molecular weight is 511 g/mol. The lowest BCUT2D eigenvalue weighted by molar-refractivity contribution is -0.131. The topological polar surface area (TPSA) is 122 Å². The predicted octanol–water partition coefficient (Wildman–Crippen LogP) is 3.73. The molecule has 0 bridgehead atoms. The number of benzene rings is 2. The van der Waals surface area contributed by atoms with Crippen LogP contribution in [-0.4, -0.2) is 67.4 Å². The van der Waals surface area contributed by atoms with Crippen molar-refractivity contribution in [3.05, 3.63) is 58.6 Å². The van der Waals surface area contributed by atoms with Gasteiger partial charge in [-0.15, -0.1) is 0 Å². The zero-order valence-electron chi connectivity index (χ0n) is 20.7. The third kappa shape index (κ3) is 6.69. The summed E-state index contributed by atoms with van der Waals surface area (Å²) < 4.78 is 5.34. The zero-order chi connectivity index (χ0) is 26.2. The summed E-state index contributed by atoms with van der Waals surface area (Å²) in [6, 6.07) is 13.0. The molecule has 2 aromatic rings. The SMILES string of the molecule is CC(=O)NCC(=O)N1CCCC1.COc1ccc2c(c1)C(c1ccc(Cl)cc1)=NCC(=N)N2C(C)=N. The van der Waals surface area contributed by atoms with Crippen LogP contribution in [0.15, 0.2) is 47.5 Å². The van der Waals surface area contributed by atoms with Crippen molar-refractivity contribution in [2.45, 2.75) is 26.7 Å². The third-order valence-corrected chi connectivity index (χ3v) is 6.01. The Hall–Kier alpha value is -3.72. The van der Waals surface area contributed by atoms with Gasteiger partial charge >= 0.3 is 0 Å². The summed E-state index contributed by atoms with van der Waals surface area (Å²) in [5.74, 6) is 1.12. The van der Waals surface area contributed by atoms with E-state index in [1.165, 1.54) is 6.92 Å². The highest BCUT2D eigenvalue weighted by Crippen LogP contribution is 2.31. The molecule has 2 heterocycles. The maximum Gasteiger partial charge on any atom is 0.241 e. The molecule has 2 aliphatic heterocycles. The molecule has 0 aliphatic carbocycles. The van der Waals surface area contributed by atoms with Crippen LogP contribution in [0, 0.1) is 10.8 Å². The minimum atomic E-state index is -0.150. The molecule has 0 aromatic heterocycles. The van der Waals surface area contributed by atoms with Gasteiger partial charge in [-0.2, -0.15) is 0 Å². The average Bonchev–Trinajstić information content (AvgIpc) is 3.35. The largest absolute Gasteiger partial charge is 0.497 e. The molecule has 4 rings (SSSR count). The van der Waals surface area contributed by atoms with Crippen LogP contribution in [0.3, 0.4) is 0 Å². The minimum absolute atomic E-state index is 0.0303. The Morgan fingerprint density at radius 1 is 1.11 bits per heavy atom. The van der Waals surface area contributed by atoms with Crippen LogP contribution in [0.5, 0.6) is 5.75 Å². The molecule has 0 atom stereocenters. The molecular formula is C26H31ClN6O3. The van der Waals surface area contributed by atoms with E-state index in [4.69, 9.17) is 27.2 Å². The van der Waals surface area contributed by atoms with E-state index in [9.17, 15) is 9.59 Å². The van der Waals surface area contributed by atoms with Gasteiger partial charge in [0.2, 0.25) is 11.8 Å². The number of carbonyl (C=O) groups is 2. The standard InChI is InChI=1S/C18H17ClN4O.C8H14N2O2/c1-11(20)23-16-8-7-14(24-2)9-15(16)18(22-10-17(23)21)12-3-5-13(19)6-4-12;1-7(11)9-6-8(12)10-4-2-3-5-10/h3-9,20-21H,10H2,1-2H3;2-6H2,1H3,(H,9,11). The lowest BCUT2D eigenvalue weighted by Gasteiger charge is -2.24. The van der Waals surface area contributed by atoms with Gasteiger partial charge < -0.3 is 15.0 Å². The number of aliphatic imine (C=N–C) groups is 1. The highest BCUT2D eigenvalue weighted by Gasteiger charge is 2.25. The Balaban J connectivity index is 0.000000253. The number of ether oxygens (including phenoxy) is 1. The van der Waals surface area contributed by atoms with Gasteiger partial charge in [0.15, 0.2) is 0 Å². The van der Waals surface area contributed by atoms with E-state index >= 15 is 0 Å². The first kappa shape index (κ1) is 26.9. The molecule has 0 radical (unpaired) electrons. The number of rotatable bonds is 4. The van der Waals surface area contributed by atoms with Gasteiger partial charge in [-0.3, -0.25) is 30.3 Å². The van der Waals surface area contributed by atoms with Crippen molar-refractivity contribution in [3.8, 4) is 5.75 Å². The van der Waals surface area contributed by atoms with Crippen molar-refractivity contribution in [1.82, 2.24) is 10.2 Å². The lowest BCUT2D eigenvalue weighted by Crippen LogP contribution is -2.37. The number of hydrogen-bond donors (Lipinski definition) is 3. The van der Waals surface area contributed by atoms with Crippen molar-refractivity contribution in [2.24, 2.45) is 4.99 Å². The van der Waals surface area contributed by atoms with Crippen molar-refractivity contribution in [3.63, 3.8) is 0 Å². The van der Waals surface area contributed by atoms with Crippen molar-refractivity contribution < 1.29 is 14.3 Å². The lowest BCUT2D eigenvalue weighted by atomic mass is 9.99. The molecule has 3 N–H and O–H groups in total. The predicted molar refractivity (Wildman–Crippen MR) is 143 cm³/mol. The number of amides is 2. The first-order valence-corrected chi connectivity index (χ1v) is 12.0. The number of likely N-dealkylation sites (tertiary alicyclic amines) is 1. The Morgan fingerprint density at radius 2 is 1.78 bits per heavy atom. The summed E-state index contributed by atoms with van der Waals surface area (Å²) in [6.07, 6.45) is 2.18. The molecule has 0 spiro atoms. The Kier molecular flexibility index (Phi) is 9.19. The maximum atomic E-state index is 11.3. The molecule has 10 heteroatoms. The number of hydrogen-bond acceptors (Lipinski definition) is 6. The van der Waals surface area contributed by atoms with Crippen LogP contribution in [-0.2, 0) is 9.59 Å². The molecule has 36 heavy (non-hydrogen) atoms. The number of carbonyl (C=O) groups excluding carboxylic acids is 2. The number of halogens is 1. The van der Waals surface area contributed by atoms with Crippen LogP contribution >= 0.6 is 11.6 Å². The number of nitrogens with zero attached hydrogens (tertiary/aromatic N) is 3. The first-order valence-electron chi connectivity index (χ1n) is 11.6. The zero-order valence-corrected chi connectivity index (χ0v) is 21.5. The van der Waals surface area contributed by atoms with Gasteiger partial charge in [-0.05, 0) is 50.1 Å². The van der Waals surface area contributed by atoms with E-state index in [-0.39, 0.29) is 36.6 Å². The fourth-order valence-electron chi connectivity index (χ4n) is 4.00. The number of methoxy groups -OCH3 is 1. The van der Waals surface area contributed by atoms with Crippen molar-refractivity contribution in [1.29, 1.82) is 10.8 Å². The van der Waals surface area contributed by atoms with Gasteiger partial charge in [0.1, 0.15) is 17.4 Å². The smallest absolute Gasteiger partial charge is 0.241 e. The summed E-state index contributed by atoms with van der Waals surface area (Å²) >= 11 is 5.99. The summed E-state index contributed by atoms with van der Waals surface area (Å²) in [4.78, 5) is 29.7. The number of nitrogens with one attached hydrogen (secondary N) is 3. The highest BCUT2D eigenvalue weighted by molar-refractivity contribution is 6.31. The van der Waals surface area contributed by atoms with Gasteiger partial charge in [-0.1, -0.05) is 23.7 Å². The summed E-state index contributed by atoms with van der Waals surface area (Å²) in [6.45, 7) is 5.12. The normalized spacial score (nSPS) is 14.7. The van der Waals surface area contributed by atoms with Crippen LogP contribution in [0.25, 0.3) is 0 Å². The number of benzodiazepines with no additional fused rings is 1. The molecule has 1 fully saturated rings. The first-order chi connectivity index (χ1) is 17.2. The van der Waals surface area contributed by atoms with Crippen LogP contribution < -0.4 is 15.0 Å². The summed E-state index contributed by atoms with van der Waals surface area (Å²) in [5.41, 5.74) is 3.24. The van der Waals surface area contributed by atoms with Crippen molar-refractivity contribution in [2.75, 3.05) is 38.2 Å². The molecule has 190 valence electrons. The molecule has 2 aromatic carbocycles. The van der Waals surface area contributed by atoms with Crippen LogP contribution in [0.4, 0.5) is 5.69 Å². The molecule has 0 unspecified atom stereocenters. The minimum Gasteiger partial charge on any atom is -0.497 e. The molecule has 2 aliphatic rings. The fraction of sp³-hybridized carbons (Fsp3) is 0.346.